The van der Waals surface area contributed by atoms with Crippen molar-refractivity contribution in [1.29, 1.82) is 0 Å². The molecule has 0 bridgehead atoms. The van der Waals surface area contributed by atoms with Crippen LogP contribution in [0.4, 0.5) is 0 Å². The van der Waals surface area contributed by atoms with Crippen molar-refractivity contribution >= 4 is 49.9 Å². The van der Waals surface area contributed by atoms with E-state index in [4.69, 9.17) is 10.0 Å². The first-order chi connectivity index (χ1) is 6.59. The minimum absolute atomic E-state index is 0.0481. The van der Waals surface area contributed by atoms with Crippen LogP contribution in [0.25, 0.3) is 10.1 Å². The Balaban J connectivity index is 2.77. The van der Waals surface area contributed by atoms with E-state index in [0.29, 0.717) is 5.39 Å². The molecule has 1 aromatic heterocycles. The molecule has 14 heavy (non-hydrogen) atoms. The Kier molecular flexibility index (Phi) is 2.53. The lowest BCUT2D eigenvalue weighted by Crippen LogP contribution is -2.29. The summed E-state index contributed by atoms with van der Waals surface area (Å²) in [6.45, 7) is 0. The van der Waals surface area contributed by atoms with Gasteiger partial charge in [-0.1, -0.05) is 33.3 Å². The van der Waals surface area contributed by atoms with Crippen LogP contribution >= 0.6 is 27.3 Å². The molecule has 0 saturated heterocycles. The van der Waals surface area contributed by atoms with E-state index in [9.17, 15) is 5.11 Å². The largest absolute Gasteiger partial charge is 0.500 e. The average molecular weight is 273 g/mol. The normalized spacial score (nSPS) is 10.8. The molecule has 2 aromatic rings. The van der Waals surface area contributed by atoms with E-state index in [1.165, 1.54) is 0 Å². The molecule has 0 aliphatic carbocycles. The van der Waals surface area contributed by atoms with Crippen LogP contribution < -0.4 is 5.46 Å². The van der Waals surface area contributed by atoms with E-state index in [0.717, 1.165) is 20.5 Å². The van der Waals surface area contributed by atoms with Gasteiger partial charge >= 0.3 is 7.12 Å². The van der Waals surface area contributed by atoms with E-state index < -0.39 is 7.12 Å². The molecule has 1 aromatic carbocycles. The van der Waals surface area contributed by atoms with Crippen molar-refractivity contribution in [3.63, 3.8) is 0 Å². The summed E-state index contributed by atoms with van der Waals surface area (Å²) in [7, 11) is -1.63. The SMILES string of the molecule is OB(O)c1c(O)sc2cc(Br)ccc12. The van der Waals surface area contributed by atoms with E-state index in [1.807, 2.05) is 6.07 Å². The summed E-state index contributed by atoms with van der Waals surface area (Å²) < 4.78 is 1.71. The zero-order valence-corrected chi connectivity index (χ0v) is 9.34. The van der Waals surface area contributed by atoms with Crippen LogP contribution in [0.3, 0.4) is 0 Å². The number of hydrogen-bond acceptors (Lipinski definition) is 4. The molecule has 0 saturated carbocycles. The van der Waals surface area contributed by atoms with Crippen molar-refractivity contribution in [3.8, 4) is 5.06 Å². The van der Waals surface area contributed by atoms with E-state index in [1.54, 1.807) is 12.1 Å². The number of halogens is 1. The molecule has 0 spiro atoms. The smallest absolute Gasteiger partial charge is 0.493 e. The number of hydrogen-bond donors (Lipinski definition) is 3. The summed E-state index contributed by atoms with van der Waals surface area (Å²) in [6.07, 6.45) is 0. The quantitative estimate of drug-likeness (QED) is 0.680. The number of rotatable bonds is 1. The van der Waals surface area contributed by atoms with Crippen LogP contribution in [0, 0.1) is 0 Å². The maximum atomic E-state index is 9.48. The number of fused-ring (bicyclic) bond motifs is 1. The fraction of sp³-hybridized carbons (Fsp3) is 0. The molecular weight excluding hydrogens is 267 g/mol. The summed E-state index contributed by atoms with van der Waals surface area (Å²) in [5, 5.41) is 28.2. The van der Waals surface area contributed by atoms with Crippen molar-refractivity contribution in [3.05, 3.63) is 22.7 Å². The first-order valence-electron chi connectivity index (χ1n) is 3.86. The predicted octanol–water partition coefficient (Wildman–Crippen LogP) is 1.05. The lowest BCUT2D eigenvalue weighted by Gasteiger charge is -1.97. The monoisotopic (exact) mass is 272 g/mol. The van der Waals surface area contributed by atoms with Crippen molar-refractivity contribution < 1.29 is 15.2 Å². The molecule has 3 nitrogen and oxygen atoms in total. The molecule has 0 aliphatic heterocycles. The Morgan fingerprint density at radius 2 is 2.00 bits per heavy atom. The molecule has 2 rings (SSSR count). The Hall–Kier alpha value is -0.555. The highest BCUT2D eigenvalue weighted by molar-refractivity contribution is 9.10. The highest BCUT2D eigenvalue weighted by Crippen LogP contribution is 2.30. The summed E-state index contributed by atoms with van der Waals surface area (Å²) in [6, 6.07) is 5.36. The number of benzene rings is 1. The Labute approximate surface area is 92.9 Å². The summed E-state index contributed by atoms with van der Waals surface area (Å²) in [4.78, 5) is 0. The molecule has 3 N–H and O–H groups in total. The molecule has 0 atom stereocenters. The van der Waals surface area contributed by atoms with Crippen LogP contribution in [0.1, 0.15) is 0 Å². The Morgan fingerprint density at radius 1 is 1.29 bits per heavy atom. The van der Waals surface area contributed by atoms with Gasteiger partial charge in [0.25, 0.3) is 0 Å². The van der Waals surface area contributed by atoms with Crippen molar-refractivity contribution in [2.24, 2.45) is 0 Å². The molecule has 0 amide bonds. The molecule has 72 valence electrons. The van der Waals surface area contributed by atoms with Gasteiger partial charge in [0.05, 0.1) is 0 Å². The van der Waals surface area contributed by atoms with Gasteiger partial charge in [-0.15, -0.1) is 0 Å². The zero-order chi connectivity index (χ0) is 10.3. The van der Waals surface area contributed by atoms with Crippen molar-refractivity contribution in [2.45, 2.75) is 0 Å². The fourth-order valence-electron chi connectivity index (χ4n) is 1.33. The second-order valence-electron chi connectivity index (χ2n) is 2.84. The minimum atomic E-state index is -1.63. The first kappa shape index (κ1) is 9.98. The third kappa shape index (κ3) is 1.54. The lowest BCUT2D eigenvalue weighted by atomic mass is 9.80. The summed E-state index contributed by atoms with van der Waals surface area (Å²) >= 11 is 4.43. The minimum Gasteiger partial charge on any atom is -0.500 e. The molecule has 0 unspecified atom stereocenters. The van der Waals surface area contributed by atoms with Gasteiger partial charge in [0.15, 0.2) is 5.06 Å². The van der Waals surface area contributed by atoms with Gasteiger partial charge in [-0.25, -0.2) is 0 Å². The molecule has 0 aliphatic rings. The molecular formula is C8H6BBrO3S. The van der Waals surface area contributed by atoms with Gasteiger partial charge in [-0.2, -0.15) is 0 Å². The van der Waals surface area contributed by atoms with Gasteiger partial charge in [-0.3, -0.25) is 0 Å². The fourth-order valence-corrected chi connectivity index (χ4v) is 2.85. The third-order valence-corrected chi connectivity index (χ3v) is 3.39. The Morgan fingerprint density at radius 3 is 2.64 bits per heavy atom. The van der Waals surface area contributed by atoms with Gasteiger partial charge in [-0.05, 0) is 17.5 Å². The van der Waals surface area contributed by atoms with Gasteiger partial charge in [0.2, 0.25) is 0 Å². The maximum absolute atomic E-state index is 9.48. The van der Waals surface area contributed by atoms with Crippen LogP contribution in [0.2, 0.25) is 0 Å². The lowest BCUT2D eigenvalue weighted by molar-refractivity contribution is 0.422. The number of thiophene rings is 1. The highest BCUT2D eigenvalue weighted by atomic mass is 79.9. The number of aromatic hydroxyl groups is 1. The van der Waals surface area contributed by atoms with Gasteiger partial charge in [0.1, 0.15) is 0 Å². The van der Waals surface area contributed by atoms with Crippen LogP contribution in [-0.2, 0) is 0 Å². The van der Waals surface area contributed by atoms with E-state index in [-0.39, 0.29) is 10.5 Å². The van der Waals surface area contributed by atoms with Crippen LogP contribution in [0.5, 0.6) is 5.06 Å². The van der Waals surface area contributed by atoms with Crippen molar-refractivity contribution in [1.82, 2.24) is 0 Å². The molecule has 0 radical (unpaired) electrons. The average Bonchev–Trinajstić information content (AvgIpc) is 2.39. The second-order valence-corrected chi connectivity index (χ2v) is 4.78. The van der Waals surface area contributed by atoms with Crippen molar-refractivity contribution in [2.75, 3.05) is 0 Å². The third-order valence-electron chi connectivity index (χ3n) is 1.93. The Bertz CT molecular complexity index is 483. The molecule has 1 heterocycles. The van der Waals surface area contributed by atoms with Crippen LogP contribution in [0.15, 0.2) is 22.7 Å². The summed E-state index contributed by atoms with van der Waals surface area (Å²) in [5.41, 5.74) is 0.178. The second kappa shape index (κ2) is 3.54. The van der Waals surface area contributed by atoms with Crippen LogP contribution in [-0.4, -0.2) is 22.3 Å². The molecule has 0 fully saturated rings. The topological polar surface area (TPSA) is 60.7 Å². The van der Waals surface area contributed by atoms with Gasteiger partial charge < -0.3 is 15.2 Å². The maximum Gasteiger partial charge on any atom is 0.493 e. The zero-order valence-electron chi connectivity index (χ0n) is 6.94. The highest BCUT2D eigenvalue weighted by Gasteiger charge is 2.22. The van der Waals surface area contributed by atoms with Gasteiger partial charge in [0, 0.05) is 14.6 Å². The first-order valence-corrected chi connectivity index (χ1v) is 5.47. The predicted molar refractivity (Wildman–Crippen MR) is 61.0 cm³/mol. The summed E-state index contributed by atoms with van der Waals surface area (Å²) in [5.74, 6) is 0. The van der Waals surface area contributed by atoms with E-state index in [2.05, 4.69) is 15.9 Å². The standard InChI is InChI=1S/C8H6BBrO3S/c10-4-1-2-5-6(3-4)14-8(11)7(5)9(12)13/h1-3,11-13H. The van der Waals surface area contributed by atoms with E-state index >= 15 is 0 Å². The molecule has 6 heteroatoms.